The zero-order valence-electron chi connectivity index (χ0n) is 14.1. The predicted molar refractivity (Wildman–Crippen MR) is 96.0 cm³/mol. The Hall–Kier alpha value is -1.01. The summed E-state index contributed by atoms with van der Waals surface area (Å²) in [6.45, 7) is 8.24. The third-order valence-corrected chi connectivity index (χ3v) is 4.23. The number of rotatable bonds is 7. The van der Waals surface area contributed by atoms with Gasteiger partial charge >= 0.3 is 0 Å². The second-order valence-corrected chi connectivity index (χ2v) is 7.10. The molecule has 1 aliphatic rings. The highest BCUT2D eigenvalue weighted by atomic mass is 35.5. The Morgan fingerprint density at radius 3 is 2.79 bits per heavy atom. The van der Waals surface area contributed by atoms with Crippen LogP contribution in [0.4, 0.5) is 0 Å². The molecule has 0 radical (unpaired) electrons. The maximum Gasteiger partial charge on any atom is 0.258 e. The molecule has 134 valence electrons. The number of amides is 1. The molecule has 7 heteroatoms. The Morgan fingerprint density at radius 2 is 2.12 bits per heavy atom. The fourth-order valence-corrected chi connectivity index (χ4v) is 3.13. The first-order chi connectivity index (χ1) is 11.5. The van der Waals surface area contributed by atoms with Gasteiger partial charge in [0.2, 0.25) is 0 Å². The van der Waals surface area contributed by atoms with Crippen LogP contribution in [0.5, 0.6) is 5.75 Å². The third kappa shape index (κ3) is 6.13. The number of para-hydroxylation sites is 1. The second-order valence-electron chi connectivity index (χ2n) is 6.29. The average molecular weight is 375 g/mol. The maximum absolute atomic E-state index is 11.9. The van der Waals surface area contributed by atoms with Gasteiger partial charge in [-0.3, -0.25) is 9.69 Å². The fraction of sp³-hybridized carbons (Fsp3) is 0.588. The lowest BCUT2D eigenvalue weighted by atomic mass is 10.2. The quantitative estimate of drug-likeness (QED) is 0.796. The SMILES string of the molecule is CC(C)CN1CCOC(CNC(=O)COc2c(Cl)cccc2Cl)C1. The highest BCUT2D eigenvalue weighted by molar-refractivity contribution is 6.37. The van der Waals surface area contributed by atoms with Crippen LogP contribution < -0.4 is 10.1 Å². The van der Waals surface area contributed by atoms with E-state index in [9.17, 15) is 4.79 Å². The van der Waals surface area contributed by atoms with Crippen molar-refractivity contribution in [3.63, 3.8) is 0 Å². The van der Waals surface area contributed by atoms with Gasteiger partial charge in [0.05, 0.1) is 22.8 Å². The highest BCUT2D eigenvalue weighted by Gasteiger charge is 2.21. The zero-order chi connectivity index (χ0) is 17.5. The van der Waals surface area contributed by atoms with Crippen molar-refractivity contribution in [2.24, 2.45) is 5.92 Å². The Morgan fingerprint density at radius 1 is 1.42 bits per heavy atom. The molecule has 1 aliphatic heterocycles. The van der Waals surface area contributed by atoms with Crippen molar-refractivity contribution in [2.45, 2.75) is 20.0 Å². The van der Waals surface area contributed by atoms with Crippen LogP contribution in [-0.4, -0.2) is 56.3 Å². The van der Waals surface area contributed by atoms with Crippen LogP contribution in [0.25, 0.3) is 0 Å². The molecule has 1 heterocycles. The van der Waals surface area contributed by atoms with E-state index in [0.717, 1.165) is 19.6 Å². The first kappa shape index (κ1) is 19.3. The van der Waals surface area contributed by atoms with Gasteiger partial charge in [-0.05, 0) is 18.1 Å². The zero-order valence-corrected chi connectivity index (χ0v) is 15.6. The number of ether oxygens (including phenoxy) is 2. The summed E-state index contributed by atoms with van der Waals surface area (Å²) in [5.74, 6) is 0.718. The van der Waals surface area contributed by atoms with E-state index in [-0.39, 0.29) is 18.6 Å². The summed E-state index contributed by atoms with van der Waals surface area (Å²) in [5.41, 5.74) is 0. The number of hydrogen-bond acceptors (Lipinski definition) is 4. The number of morpholine rings is 1. The maximum atomic E-state index is 11.9. The summed E-state index contributed by atoms with van der Waals surface area (Å²) in [5, 5.41) is 3.60. The smallest absolute Gasteiger partial charge is 0.258 e. The fourth-order valence-electron chi connectivity index (χ4n) is 2.62. The average Bonchev–Trinajstić information content (AvgIpc) is 2.52. The van der Waals surface area contributed by atoms with Crippen LogP contribution in [0.1, 0.15) is 13.8 Å². The van der Waals surface area contributed by atoms with Gasteiger partial charge in [-0.2, -0.15) is 0 Å². The lowest BCUT2D eigenvalue weighted by molar-refractivity contribution is -0.124. The minimum atomic E-state index is -0.226. The number of hydrogen-bond donors (Lipinski definition) is 1. The summed E-state index contributed by atoms with van der Waals surface area (Å²) in [6, 6.07) is 5.06. The topological polar surface area (TPSA) is 50.8 Å². The summed E-state index contributed by atoms with van der Waals surface area (Å²) >= 11 is 12.0. The van der Waals surface area contributed by atoms with E-state index in [0.29, 0.717) is 34.9 Å². The highest BCUT2D eigenvalue weighted by Crippen LogP contribution is 2.32. The van der Waals surface area contributed by atoms with Crippen LogP contribution in [-0.2, 0) is 9.53 Å². The van der Waals surface area contributed by atoms with Gasteiger partial charge in [0.25, 0.3) is 5.91 Å². The van der Waals surface area contributed by atoms with Crippen molar-refractivity contribution in [1.82, 2.24) is 10.2 Å². The van der Waals surface area contributed by atoms with Gasteiger partial charge in [0, 0.05) is 26.2 Å². The Kier molecular flexibility index (Phi) is 7.62. The molecule has 0 bridgehead atoms. The minimum absolute atomic E-state index is 0.00495. The van der Waals surface area contributed by atoms with Crippen LogP contribution in [0.15, 0.2) is 18.2 Å². The van der Waals surface area contributed by atoms with Crippen molar-refractivity contribution >= 4 is 29.1 Å². The molecule has 0 aliphatic carbocycles. The molecule has 1 amide bonds. The molecule has 1 saturated heterocycles. The number of halogens is 2. The molecule has 24 heavy (non-hydrogen) atoms. The van der Waals surface area contributed by atoms with E-state index in [1.807, 2.05) is 0 Å². The van der Waals surface area contributed by atoms with Crippen LogP contribution in [0.3, 0.4) is 0 Å². The number of benzene rings is 1. The Labute approximate surface area is 153 Å². The van der Waals surface area contributed by atoms with Crippen LogP contribution in [0, 0.1) is 5.92 Å². The number of nitrogens with one attached hydrogen (secondary N) is 1. The van der Waals surface area contributed by atoms with Gasteiger partial charge in [0.15, 0.2) is 12.4 Å². The van der Waals surface area contributed by atoms with Gasteiger partial charge in [-0.25, -0.2) is 0 Å². The summed E-state index contributed by atoms with van der Waals surface area (Å²) in [7, 11) is 0. The van der Waals surface area contributed by atoms with Crippen LogP contribution in [0.2, 0.25) is 10.0 Å². The molecular weight excluding hydrogens is 351 g/mol. The van der Waals surface area contributed by atoms with Gasteiger partial charge in [0.1, 0.15) is 0 Å². The van der Waals surface area contributed by atoms with E-state index >= 15 is 0 Å². The number of nitrogens with zero attached hydrogens (tertiary/aromatic N) is 1. The van der Waals surface area contributed by atoms with Crippen molar-refractivity contribution in [3.05, 3.63) is 28.2 Å². The molecule has 2 rings (SSSR count). The molecular formula is C17H24Cl2N2O3. The molecule has 1 atom stereocenters. The molecule has 1 aromatic rings. The van der Waals surface area contributed by atoms with E-state index in [4.69, 9.17) is 32.7 Å². The van der Waals surface area contributed by atoms with Crippen molar-refractivity contribution < 1.29 is 14.3 Å². The molecule has 1 unspecified atom stereocenters. The first-order valence-corrected chi connectivity index (χ1v) is 8.88. The molecule has 1 N–H and O–H groups in total. The van der Waals surface area contributed by atoms with Crippen LogP contribution >= 0.6 is 23.2 Å². The van der Waals surface area contributed by atoms with Gasteiger partial charge in [-0.15, -0.1) is 0 Å². The largest absolute Gasteiger partial charge is 0.481 e. The Bertz CT molecular complexity index is 534. The molecule has 0 saturated carbocycles. The third-order valence-electron chi connectivity index (χ3n) is 3.64. The number of carbonyl (C=O) groups excluding carboxylic acids is 1. The predicted octanol–water partition coefficient (Wildman–Crippen LogP) is 2.85. The normalized spacial score (nSPS) is 18.6. The minimum Gasteiger partial charge on any atom is -0.481 e. The second kappa shape index (κ2) is 9.47. The molecule has 1 aromatic carbocycles. The lowest BCUT2D eigenvalue weighted by Gasteiger charge is -2.33. The molecule has 1 fully saturated rings. The van der Waals surface area contributed by atoms with Crippen molar-refractivity contribution in [3.8, 4) is 5.75 Å². The van der Waals surface area contributed by atoms with Gasteiger partial charge < -0.3 is 14.8 Å². The first-order valence-electron chi connectivity index (χ1n) is 8.13. The van der Waals surface area contributed by atoms with Crippen molar-refractivity contribution in [2.75, 3.05) is 39.4 Å². The van der Waals surface area contributed by atoms with Gasteiger partial charge in [-0.1, -0.05) is 43.1 Å². The lowest BCUT2D eigenvalue weighted by Crippen LogP contribution is -2.48. The molecule has 0 aromatic heterocycles. The van der Waals surface area contributed by atoms with E-state index < -0.39 is 0 Å². The van der Waals surface area contributed by atoms with E-state index in [2.05, 4.69) is 24.1 Å². The molecule has 5 nitrogen and oxygen atoms in total. The monoisotopic (exact) mass is 374 g/mol. The molecule has 0 spiro atoms. The summed E-state index contributed by atoms with van der Waals surface area (Å²) in [4.78, 5) is 14.3. The number of carbonyl (C=O) groups is 1. The van der Waals surface area contributed by atoms with E-state index in [1.54, 1.807) is 18.2 Å². The standard InChI is InChI=1S/C17H24Cl2N2O3/c1-12(2)9-21-6-7-23-13(10-21)8-20-16(22)11-24-17-14(18)4-3-5-15(17)19/h3-5,12-13H,6-11H2,1-2H3,(H,20,22). The summed E-state index contributed by atoms with van der Waals surface area (Å²) in [6.07, 6.45) is 0.00495. The van der Waals surface area contributed by atoms with E-state index in [1.165, 1.54) is 0 Å². The Balaban J connectivity index is 1.73. The summed E-state index contributed by atoms with van der Waals surface area (Å²) < 4.78 is 11.1. The van der Waals surface area contributed by atoms with Crippen molar-refractivity contribution in [1.29, 1.82) is 0 Å².